The summed E-state index contributed by atoms with van der Waals surface area (Å²) in [5.41, 5.74) is 1.62. The number of anilines is 2. The van der Waals surface area contributed by atoms with Gasteiger partial charge in [0.15, 0.2) is 0 Å². The lowest BCUT2D eigenvalue weighted by molar-refractivity contribution is -0.384. The molecule has 0 aliphatic carbocycles. The number of carbonyl (C=O) groups excluding carboxylic acids is 1. The van der Waals surface area contributed by atoms with Crippen LogP contribution in [0.15, 0.2) is 36.4 Å². The molecule has 25 heavy (non-hydrogen) atoms. The molecule has 132 valence electrons. The fraction of sp³-hybridized carbons (Fsp3) is 0.235. The van der Waals surface area contributed by atoms with Crippen LogP contribution in [0.5, 0.6) is 0 Å². The van der Waals surface area contributed by atoms with Crippen molar-refractivity contribution in [3.8, 4) is 0 Å². The van der Waals surface area contributed by atoms with Crippen LogP contribution in [0.4, 0.5) is 17.1 Å². The van der Waals surface area contributed by atoms with Crippen molar-refractivity contribution in [2.24, 2.45) is 0 Å². The highest BCUT2D eigenvalue weighted by Crippen LogP contribution is 2.27. The van der Waals surface area contributed by atoms with Crippen molar-refractivity contribution >= 4 is 34.6 Å². The molecule has 0 unspecified atom stereocenters. The van der Waals surface area contributed by atoms with E-state index in [9.17, 15) is 14.9 Å². The zero-order valence-corrected chi connectivity index (χ0v) is 14.6. The molecule has 8 heteroatoms. The van der Waals surface area contributed by atoms with E-state index in [4.69, 9.17) is 16.3 Å². The zero-order chi connectivity index (χ0) is 18.4. The lowest BCUT2D eigenvalue weighted by Gasteiger charge is -2.11. The molecule has 0 saturated carbocycles. The van der Waals surface area contributed by atoms with Crippen LogP contribution >= 0.6 is 11.6 Å². The lowest BCUT2D eigenvalue weighted by Crippen LogP contribution is -2.14. The van der Waals surface area contributed by atoms with E-state index in [1.165, 1.54) is 18.2 Å². The summed E-state index contributed by atoms with van der Waals surface area (Å²) in [5.74, 6) is -0.447. The Morgan fingerprint density at radius 3 is 2.72 bits per heavy atom. The van der Waals surface area contributed by atoms with E-state index >= 15 is 0 Å². The van der Waals surface area contributed by atoms with Gasteiger partial charge in [-0.15, -0.1) is 0 Å². The Morgan fingerprint density at radius 2 is 2.04 bits per heavy atom. The van der Waals surface area contributed by atoms with Crippen LogP contribution in [-0.2, 0) is 4.74 Å². The van der Waals surface area contributed by atoms with Crippen molar-refractivity contribution in [2.75, 3.05) is 30.9 Å². The van der Waals surface area contributed by atoms with Gasteiger partial charge in [0.1, 0.15) is 5.69 Å². The highest BCUT2D eigenvalue weighted by Gasteiger charge is 2.18. The monoisotopic (exact) mass is 363 g/mol. The predicted octanol–water partition coefficient (Wildman–Crippen LogP) is 3.87. The second-order valence-electron chi connectivity index (χ2n) is 5.28. The fourth-order valence-electron chi connectivity index (χ4n) is 2.20. The largest absolute Gasteiger partial charge is 0.383 e. The summed E-state index contributed by atoms with van der Waals surface area (Å²) in [6, 6.07) is 9.43. The number of hydrogen-bond donors (Lipinski definition) is 2. The van der Waals surface area contributed by atoms with Crippen LogP contribution < -0.4 is 10.6 Å². The molecule has 0 radical (unpaired) electrons. The third-order valence-electron chi connectivity index (χ3n) is 3.59. The van der Waals surface area contributed by atoms with Gasteiger partial charge in [-0.25, -0.2) is 0 Å². The number of methoxy groups -OCH3 is 1. The van der Waals surface area contributed by atoms with E-state index in [0.29, 0.717) is 29.5 Å². The summed E-state index contributed by atoms with van der Waals surface area (Å²) in [6.45, 7) is 2.61. The van der Waals surface area contributed by atoms with Gasteiger partial charge in [0.05, 0.1) is 11.5 Å². The van der Waals surface area contributed by atoms with Gasteiger partial charge in [-0.2, -0.15) is 0 Å². The van der Waals surface area contributed by atoms with Crippen LogP contribution in [0.1, 0.15) is 15.9 Å². The number of nitro groups is 1. The molecule has 0 aromatic heterocycles. The molecule has 0 bridgehead atoms. The van der Waals surface area contributed by atoms with Gasteiger partial charge in [-0.1, -0.05) is 17.7 Å². The van der Waals surface area contributed by atoms with Crippen LogP contribution in [0.25, 0.3) is 0 Å². The Bertz CT molecular complexity index is 795. The molecule has 0 heterocycles. The van der Waals surface area contributed by atoms with Crippen molar-refractivity contribution < 1.29 is 14.5 Å². The number of nitro benzene ring substituents is 1. The van der Waals surface area contributed by atoms with Crippen LogP contribution in [0, 0.1) is 17.0 Å². The number of amides is 1. The van der Waals surface area contributed by atoms with E-state index in [0.717, 1.165) is 5.56 Å². The van der Waals surface area contributed by atoms with Gasteiger partial charge >= 0.3 is 0 Å². The van der Waals surface area contributed by atoms with E-state index in [1.54, 1.807) is 32.2 Å². The minimum absolute atomic E-state index is 0.174. The fourth-order valence-corrected chi connectivity index (χ4v) is 2.37. The molecular formula is C17H18ClN3O4. The molecule has 7 nitrogen and oxygen atoms in total. The first kappa shape index (κ1) is 18.7. The third-order valence-corrected chi connectivity index (χ3v) is 4.00. The molecule has 0 fully saturated rings. The number of hydrogen-bond acceptors (Lipinski definition) is 5. The molecule has 2 aromatic rings. The van der Waals surface area contributed by atoms with E-state index < -0.39 is 10.8 Å². The molecule has 0 spiro atoms. The molecular weight excluding hydrogens is 346 g/mol. The second-order valence-corrected chi connectivity index (χ2v) is 5.68. The van der Waals surface area contributed by atoms with Gasteiger partial charge in [0, 0.05) is 36.0 Å². The highest BCUT2D eigenvalue weighted by molar-refractivity contribution is 6.31. The third kappa shape index (κ3) is 4.68. The normalized spacial score (nSPS) is 10.4. The Kier molecular flexibility index (Phi) is 6.32. The van der Waals surface area contributed by atoms with E-state index in [1.807, 2.05) is 0 Å². The number of benzene rings is 2. The Labute approximate surface area is 150 Å². The summed E-state index contributed by atoms with van der Waals surface area (Å²) < 4.78 is 4.91. The van der Waals surface area contributed by atoms with Gasteiger partial charge in [-0.05, 0) is 36.8 Å². The first-order valence-electron chi connectivity index (χ1n) is 7.51. The SMILES string of the molecule is COCCNc1ccc(C(=O)Nc2cccc(Cl)c2C)cc1[N+](=O)[O-]. The van der Waals surface area contributed by atoms with Crippen LogP contribution in [0.2, 0.25) is 5.02 Å². The molecule has 0 aliphatic heterocycles. The van der Waals surface area contributed by atoms with Crippen LogP contribution in [-0.4, -0.2) is 31.1 Å². The Morgan fingerprint density at radius 1 is 1.28 bits per heavy atom. The molecule has 0 aliphatic rings. The van der Waals surface area contributed by atoms with E-state index in [2.05, 4.69) is 10.6 Å². The first-order chi connectivity index (χ1) is 11.9. The molecule has 2 rings (SSSR count). The minimum Gasteiger partial charge on any atom is -0.383 e. The molecule has 0 atom stereocenters. The number of nitrogens with one attached hydrogen (secondary N) is 2. The number of nitrogens with zero attached hydrogens (tertiary/aromatic N) is 1. The average Bonchev–Trinajstić information content (AvgIpc) is 2.59. The number of carbonyl (C=O) groups is 1. The van der Waals surface area contributed by atoms with E-state index in [-0.39, 0.29) is 11.3 Å². The maximum absolute atomic E-state index is 12.4. The van der Waals surface area contributed by atoms with Gasteiger partial charge in [0.2, 0.25) is 0 Å². The van der Waals surface area contributed by atoms with Gasteiger partial charge < -0.3 is 15.4 Å². The Hall–Kier alpha value is -2.64. The smallest absolute Gasteiger partial charge is 0.293 e. The zero-order valence-electron chi connectivity index (χ0n) is 13.8. The summed E-state index contributed by atoms with van der Waals surface area (Å²) in [5, 5.41) is 17.4. The maximum Gasteiger partial charge on any atom is 0.293 e. The maximum atomic E-state index is 12.4. The lowest BCUT2D eigenvalue weighted by atomic mass is 10.1. The average molecular weight is 364 g/mol. The number of ether oxygens (including phenoxy) is 1. The summed E-state index contributed by atoms with van der Waals surface area (Å²) in [6.07, 6.45) is 0. The predicted molar refractivity (Wildman–Crippen MR) is 97.6 cm³/mol. The molecule has 2 aromatic carbocycles. The van der Waals surface area contributed by atoms with Crippen molar-refractivity contribution in [1.29, 1.82) is 0 Å². The van der Waals surface area contributed by atoms with Crippen molar-refractivity contribution in [2.45, 2.75) is 6.92 Å². The number of halogens is 1. The molecule has 2 N–H and O–H groups in total. The minimum atomic E-state index is -0.531. The van der Waals surface area contributed by atoms with Gasteiger partial charge in [-0.3, -0.25) is 14.9 Å². The molecule has 0 saturated heterocycles. The standard InChI is InChI=1S/C17H18ClN3O4/c1-11-13(18)4-3-5-14(11)20-17(22)12-6-7-15(19-8-9-25-2)16(10-12)21(23)24/h3-7,10,19H,8-9H2,1-2H3,(H,20,22). The number of rotatable bonds is 7. The molecule has 1 amide bonds. The summed E-state index contributed by atoms with van der Waals surface area (Å²) in [4.78, 5) is 23.1. The topological polar surface area (TPSA) is 93.5 Å². The van der Waals surface area contributed by atoms with Crippen molar-refractivity contribution in [3.63, 3.8) is 0 Å². The van der Waals surface area contributed by atoms with Crippen molar-refractivity contribution in [3.05, 3.63) is 62.7 Å². The Balaban J connectivity index is 2.23. The van der Waals surface area contributed by atoms with Crippen molar-refractivity contribution in [1.82, 2.24) is 0 Å². The summed E-state index contributed by atoms with van der Waals surface area (Å²) >= 11 is 6.03. The van der Waals surface area contributed by atoms with Crippen LogP contribution in [0.3, 0.4) is 0 Å². The quantitative estimate of drug-likeness (QED) is 0.442. The summed E-state index contributed by atoms with van der Waals surface area (Å²) in [7, 11) is 1.54. The highest BCUT2D eigenvalue weighted by atomic mass is 35.5. The first-order valence-corrected chi connectivity index (χ1v) is 7.89. The van der Waals surface area contributed by atoms with Gasteiger partial charge in [0.25, 0.3) is 11.6 Å². The second kappa shape index (κ2) is 8.46.